The lowest BCUT2D eigenvalue weighted by Gasteiger charge is -2.17. The molecule has 156 valence electrons. The van der Waals surface area contributed by atoms with Crippen LogP contribution >= 0.6 is 0 Å². The van der Waals surface area contributed by atoms with Gasteiger partial charge in [-0.05, 0) is 18.6 Å². The molecule has 0 aliphatic heterocycles. The summed E-state index contributed by atoms with van der Waals surface area (Å²) < 4.78 is 41.7. The summed E-state index contributed by atoms with van der Waals surface area (Å²) in [5.41, 5.74) is 0.257. The number of anilines is 1. The van der Waals surface area contributed by atoms with Gasteiger partial charge in [-0.25, -0.2) is 22.7 Å². The quantitative estimate of drug-likeness (QED) is 0.631. The van der Waals surface area contributed by atoms with Gasteiger partial charge < -0.3 is 14.2 Å². The van der Waals surface area contributed by atoms with Gasteiger partial charge in [-0.2, -0.15) is 9.97 Å². The van der Waals surface area contributed by atoms with Crippen molar-refractivity contribution in [2.75, 3.05) is 26.6 Å². The van der Waals surface area contributed by atoms with Gasteiger partial charge >= 0.3 is 12.0 Å². The smallest absolute Gasteiger partial charge is 0.338 e. The molecule has 29 heavy (non-hydrogen) atoms. The van der Waals surface area contributed by atoms with Gasteiger partial charge in [0, 0.05) is 0 Å². The van der Waals surface area contributed by atoms with E-state index in [1.54, 1.807) is 12.1 Å². The van der Waals surface area contributed by atoms with Crippen LogP contribution in [-0.4, -0.2) is 51.7 Å². The molecular formula is C17H20N4O7S. The summed E-state index contributed by atoms with van der Waals surface area (Å²) in [6.45, 7) is 1.34. The Kier molecular flexibility index (Phi) is 6.93. The number of benzene rings is 1. The van der Waals surface area contributed by atoms with Crippen molar-refractivity contribution in [2.24, 2.45) is 0 Å². The van der Waals surface area contributed by atoms with E-state index in [4.69, 9.17) is 9.47 Å². The highest BCUT2D eigenvalue weighted by atomic mass is 32.2. The Morgan fingerprint density at radius 2 is 1.62 bits per heavy atom. The molecule has 1 unspecified atom stereocenters. The van der Waals surface area contributed by atoms with Crippen molar-refractivity contribution < 1.29 is 32.2 Å². The number of hydrogen-bond donors (Lipinski definition) is 2. The number of amides is 2. The second-order valence-corrected chi connectivity index (χ2v) is 7.60. The van der Waals surface area contributed by atoms with E-state index < -0.39 is 27.3 Å². The van der Waals surface area contributed by atoms with Crippen molar-refractivity contribution in [1.29, 1.82) is 0 Å². The van der Waals surface area contributed by atoms with Crippen LogP contribution in [0.15, 0.2) is 30.3 Å². The lowest BCUT2D eigenvalue weighted by Crippen LogP contribution is -2.37. The van der Waals surface area contributed by atoms with Crippen molar-refractivity contribution in [2.45, 2.75) is 12.2 Å². The Hall–Kier alpha value is -3.41. The van der Waals surface area contributed by atoms with E-state index in [0.717, 1.165) is 0 Å². The molecule has 2 N–H and O–H groups in total. The zero-order valence-electron chi connectivity index (χ0n) is 16.1. The fourth-order valence-corrected chi connectivity index (χ4v) is 3.35. The fraction of sp³-hybridized carbons (Fsp3) is 0.294. The van der Waals surface area contributed by atoms with E-state index in [-0.39, 0.29) is 28.8 Å². The first-order chi connectivity index (χ1) is 13.7. The van der Waals surface area contributed by atoms with Crippen LogP contribution in [0.4, 0.5) is 10.7 Å². The molecule has 0 aliphatic rings. The minimum atomic E-state index is -4.22. The number of nitrogens with one attached hydrogen (secondary N) is 2. The number of carbonyl (C=O) groups excluding carboxylic acids is 2. The molecule has 1 aromatic heterocycles. The van der Waals surface area contributed by atoms with Crippen molar-refractivity contribution in [3.63, 3.8) is 0 Å². The summed E-state index contributed by atoms with van der Waals surface area (Å²) >= 11 is 0. The van der Waals surface area contributed by atoms with Gasteiger partial charge in [-0.3, -0.25) is 5.32 Å². The van der Waals surface area contributed by atoms with Crippen molar-refractivity contribution in [1.82, 2.24) is 14.7 Å². The fourth-order valence-electron chi connectivity index (χ4n) is 2.33. The van der Waals surface area contributed by atoms with Crippen LogP contribution in [0.2, 0.25) is 0 Å². The van der Waals surface area contributed by atoms with Crippen LogP contribution in [0.3, 0.4) is 0 Å². The minimum absolute atomic E-state index is 0.0779. The van der Waals surface area contributed by atoms with Gasteiger partial charge in [-0.1, -0.05) is 18.2 Å². The number of carbonyl (C=O) groups is 2. The van der Waals surface area contributed by atoms with Gasteiger partial charge in [0.2, 0.25) is 27.7 Å². The molecule has 11 nitrogen and oxygen atoms in total. The normalized spacial score (nSPS) is 11.9. The number of urea groups is 1. The Labute approximate surface area is 167 Å². The first-order valence-corrected chi connectivity index (χ1v) is 9.73. The van der Waals surface area contributed by atoms with Gasteiger partial charge in [0.15, 0.2) is 0 Å². The molecule has 2 aromatic rings. The van der Waals surface area contributed by atoms with E-state index in [2.05, 4.69) is 20.0 Å². The zero-order valence-corrected chi connectivity index (χ0v) is 16.9. The molecule has 12 heteroatoms. The minimum Gasteiger partial charge on any atom is -0.481 e. The van der Waals surface area contributed by atoms with Crippen LogP contribution in [0, 0.1) is 0 Å². The number of ether oxygens (including phenoxy) is 3. The average molecular weight is 424 g/mol. The third kappa shape index (κ3) is 5.31. The summed E-state index contributed by atoms with van der Waals surface area (Å²) in [4.78, 5) is 31.8. The van der Waals surface area contributed by atoms with Crippen molar-refractivity contribution in [3.8, 4) is 11.8 Å². The molecule has 0 spiro atoms. The Balaban J connectivity index is 2.21. The van der Waals surface area contributed by atoms with Crippen LogP contribution in [-0.2, 0) is 14.8 Å². The second-order valence-electron chi connectivity index (χ2n) is 5.60. The number of aromatic nitrogens is 2. The predicted molar refractivity (Wildman–Crippen MR) is 102 cm³/mol. The van der Waals surface area contributed by atoms with Crippen LogP contribution in [0.5, 0.6) is 11.8 Å². The molecule has 2 amide bonds. The number of hydrogen-bond acceptors (Lipinski definition) is 9. The maximum absolute atomic E-state index is 12.6. The number of nitrogens with zero attached hydrogens (tertiary/aromatic N) is 2. The van der Waals surface area contributed by atoms with E-state index in [0.29, 0.717) is 0 Å². The van der Waals surface area contributed by atoms with Crippen molar-refractivity contribution >= 4 is 28.0 Å². The summed E-state index contributed by atoms with van der Waals surface area (Å²) in [5, 5.41) is 0.967. The SMILES string of the molecule is COC(=O)c1ccccc1C(C)S(=O)(=O)NC(=O)Nc1nc(OC)cc(OC)n1. The lowest BCUT2D eigenvalue weighted by atomic mass is 10.1. The summed E-state index contributed by atoms with van der Waals surface area (Å²) in [7, 11) is -0.314. The Morgan fingerprint density at radius 3 is 2.17 bits per heavy atom. The van der Waals surface area contributed by atoms with Gasteiger partial charge in [0.25, 0.3) is 0 Å². The van der Waals surface area contributed by atoms with E-state index in [1.807, 2.05) is 4.72 Å². The van der Waals surface area contributed by atoms with Gasteiger partial charge in [-0.15, -0.1) is 0 Å². The highest BCUT2D eigenvalue weighted by Crippen LogP contribution is 2.25. The molecule has 0 fully saturated rings. The summed E-state index contributed by atoms with van der Waals surface area (Å²) in [6.07, 6.45) is 0. The molecule has 0 bridgehead atoms. The molecule has 1 aromatic carbocycles. The number of rotatable bonds is 7. The monoisotopic (exact) mass is 424 g/mol. The second kappa shape index (κ2) is 9.19. The third-order valence-electron chi connectivity index (χ3n) is 3.83. The summed E-state index contributed by atoms with van der Waals surface area (Å²) in [5.74, 6) is -0.703. The molecule has 0 saturated carbocycles. The highest BCUT2D eigenvalue weighted by Gasteiger charge is 2.28. The molecule has 1 atom stereocenters. The topological polar surface area (TPSA) is 146 Å². The Bertz CT molecular complexity index is 988. The number of sulfonamides is 1. The predicted octanol–water partition coefficient (Wildman–Crippen LogP) is 1.49. The van der Waals surface area contributed by atoms with Crippen LogP contribution in [0.25, 0.3) is 0 Å². The highest BCUT2D eigenvalue weighted by molar-refractivity contribution is 7.90. The molecule has 1 heterocycles. The van der Waals surface area contributed by atoms with Crippen LogP contribution in [0.1, 0.15) is 28.1 Å². The standard InChI is InChI=1S/C17H20N4O7S/c1-10(11-7-5-6-8-12(11)15(22)28-4)29(24,25)21-17(23)20-16-18-13(26-2)9-14(19-16)27-3/h5-10H,1-4H3,(H2,18,19,20,21,23). The maximum Gasteiger partial charge on any atom is 0.338 e. The number of methoxy groups -OCH3 is 3. The maximum atomic E-state index is 12.6. The third-order valence-corrected chi connectivity index (χ3v) is 5.48. The summed E-state index contributed by atoms with van der Waals surface area (Å²) in [6, 6.07) is 6.33. The largest absolute Gasteiger partial charge is 0.481 e. The zero-order chi connectivity index (χ0) is 21.6. The lowest BCUT2D eigenvalue weighted by molar-refractivity contribution is 0.0599. The van der Waals surface area contributed by atoms with Gasteiger partial charge in [0.1, 0.15) is 5.25 Å². The molecule has 0 aliphatic carbocycles. The Morgan fingerprint density at radius 1 is 1.03 bits per heavy atom. The first kappa shape index (κ1) is 21.9. The number of esters is 1. The molecule has 0 saturated heterocycles. The van der Waals surface area contributed by atoms with E-state index in [9.17, 15) is 18.0 Å². The first-order valence-electron chi connectivity index (χ1n) is 8.18. The molecule has 0 radical (unpaired) electrons. The van der Waals surface area contributed by atoms with Crippen LogP contribution < -0.4 is 19.5 Å². The van der Waals surface area contributed by atoms with E-state index >= 15 is 0 Å². The van der Waals surface area contributed by atoms with Crippen molar-refractivity contribution in [3.05, 3.63) is 41.5 Å². The average Bonchev–Trinajstić information content (AvgIpc) is 2.71. The molecule has 2 rings (SSSR count). The van der Waals surface area contributed by atoms with Gasteiger partial charge in [0.05, 0.1) is 33.0 Å². The molecular weight excluding hydrogens is 404 g/mol. The van der Waals surface area contributed by atoms with E-state index in [1.165, 1.54) is 46.5 Å².